The summed E-state index contributed by atoms with van der Waals surface area (Å²) < 4.78 is 6.95. The van der Waals surface area contributed by atoms with E-state index in [2.05, 4.69) is 21.2 Å². The van der Waals surface area contributed by atoms with Gasteiger partial charge in [0.15, 0.2) is 0 Å². The first-order chi connectivity index (χ1) is 11.2. The molecule has 4 heteroatoms. The Morgan fingerprint density at radius 1 is 1.13 bits per heavy atom. The molecule has 0 bridgehead atoms. The molecule has 0 radical (unpaired) electrons. The molecule has 1 saturated carbocycles. The van der Waals surface area contributed by atoms with Gasteiger partial charge in [-0.1, -0.05) is 52.7 Å². The number of amides is 1. The van der Waals surface area contributed by atoms with Crippen molar-refractivity contribution in [2.24, 2.45) is 5.92 Å². The second-order valence-electron chi connectivity index (χ2n) is 5.90. The zero-order valence-corrected chi connectivity index (χ0v) is 14.5. The molecule has 2 aromatic rings. The highest BCUT2D eigenvalue weighted by Gasteiger charge is 2.25. The maximum atomic E-state index is 12.6. The van der Waals surface area contributed by atoms with E-state index in [0.717, 1.165) is 16.6 Å². The lowest BCUT2D eigenvalue weighted by Crippen LogP contribution is -2.37. The van der Waals surface area contributed by atoms with Crippen LogP contribution in [0.4, 0.5) is 0 Å². The zero-order chi connectivity index (χ0) is 16.1. The minimum absolute atomic E-state index is 0.0778. The molecule has 2 aromatic carbocycles. The van der Waals surface area contributed by atoms with E-state index in [1.165, 1.54) is 19.3 Å². The third-order valence-corrected chi connectivity index (χ3v) is 4.73. The van der Waals surface area contributed by atoms with Crippen molar-refractivity contribution in [3.05, 3.63) is 64.6 Å². The van der Waals surface area contributed by atoms with Crippen molar-refractivity contribution in [3.63, 3.8) is 0 Å². The van der Waals surface area contributed by atoms with Crippen LogP contribution in [-0.4, -0.2) is 12.5 Å². The van der Waals surface area contributed by atoms with Gasteiger partial charge in [-0.2, -0.15) is 0 Å². The molecule has 1 N–H and O–H groups in total. The van der Waals surface area contributed by atoms with E-state index in [-0.39, 0.29) is 5.91 Å². The lowest BCUT2D eigenvalue weighted by Gasteiger charge is -2.27. The molecule has 0 aliphatic heterocycles. The Morgan fingerprint density at radius 3 is 2.43 bits per heavy atom. The van der Waals surface area contributed by atoms with E-state index in [9.17, 15) is 4.79 Å². The number of rotatable bonds is 6. The molecule has 1 unspecified atom stereocenters. The number of benzene rings is 2. The molecule has 0 saturated heterocycles. The smallest absolute Gasteiger partial charge is 0.265 e. The van der Waals surface area contributed by atoms with Crippen LogP contribution in [0, 0.1) is 5.92 Å². The van der Waals surface area contributed by atoms with Crippen LogP contribution in [0.1, 0.15) is 30.9 Å². The minimum atomic E-state index is -0.627. The summed E-state index contributed by atoms with van der Waals surface area (Å²) in [6.07, 6.45) is 3.07. The summed E-state index contributed by atoms with van der Waals surface area (Å²) in [7, 11) is 0. The van der Waals surface area contributed by atoms with Gasteiger partial charge < -0.3 is 10.1 Å². The predicted octanol–water partition coefficient (Wildman–Crippen LogP) is 4.49. The van der Waals surface area contributed by atoms with Crippen LogP contribution in [0.25, 0.3) is 0 Å². The quantitative estimate of drug-likeness (QED) is 0.809. The Labute approximate surface area is 145 Å². The predicted molar refractivity (Wildman–Crippen MR) is 94.3 cm³/mol. The van der Waals surface area contributed by atoms with Crippen molar-refractivity contribution < 1.29 is 9.53 Å². The molecule has 0 heterocycles. The fraction of sp³-hybridized carbons (Fsp3) is 0.316. The molecule has 23 heavy (non-hydrogen) atoms. The van der Waals surface area contributed by atoms with Crippen LogP contribution < -0.4 is 10.1 Å². The summed E-state index contributed by atoms with van der Waals surface area (Å²) in [6.45, 7) is 0.742. The largest absolute Gasteiger partial charge is 0.476 e. The first-order valence-corrected chi connectivity index (χ1v) is 8.76. The van der Waals surface area contributed by atoms with Crippen LogP contribution in [0.5, 0.6) is 5.75 Å². The van der Waals surface area contributed by atoms with Crippen molar-refractivity contribution in [1.29, 1.82) is 0 Å². The molecule has 3 nitrogen and oxygen atoms in total. The summed E-state index contributed by atoms with van der Waals surface area (Å²) in [5.41, 5.74) is 0.863. The van der Waals surface area contributed by atoms with E-state index in [1.54, 1.807) is 0 Å². The maximum Gasteiger partial charge on any atom is 0.265 e. The van der Waals surface area contributed by atoms with Gasteiger partial charge in [0, 0.05) is 16.6 Å². The Morgan fingerprint density at radius 2 is 1.83 bits per heavy atom. The van der Waals surface area contributed by atoms with Crippen molar-refractivity contribution in [2.75, 3.05) is 6.54 Å². The monoisotopic (exact) mass is 373 g/mol. The summed E-state index contributed by atoms with van der Waals surface area (Å²) in [5.74, 6) is 1.23. The molecule has 3 rings (SSSR count). The van der Waals surface area contributed by atoms with Crippen molar-refractivity contribution in [3.8, 4) is 5.75 Å². The molecule has 1 aliphatic rings. The molecular formula is C19H20BrNO2. The normalized spacial score (nSPS) is 15.5. The minimum Gasteiger partial charge on any atom is -0.476 e. The summed E-state index contributed by atoms with van der Waals surface area (Å²) in [6, 6.07) is 17.2. The van der Waals surface area contributed by atoms with Gasteiger partial charge in [-0.25, -0.2) is 0 Å². The van der Waals surface area contributed by atoms with E-state index in [0.29, 0.717) is 11.7 Å². The molecule has 1 aliphatic carbocycles. The molecule has 0 aromatic heterocycles. The van der Waals surface area contributed by atoms with E-state index < -0.39 is 6.10 Å². The summed E-state index contributed by atoms with van der Waals surface area (Å²) in [4.78, 5) is 12.6. The Bertz CT molecular complexity index is 638. The van der Waals surface area contributed by atoms with Crippen LogP contribution in [0.15, 0.2) is 59.1 Å². The standard InChI is InChI=1S/C19H20BrNO2/c20-16-9-11-17(12-10-16)23-18(15-7-2-1-3-8-15)19(22)21-13-14-5-4-6-14/h1-3,7-12,14,18H,4-6,13H2,(H,21,22). The second-order valence-corrected chi connectivity index (χ2v) is 6.82. The average molecular weight is 374 g/mol. The highest BCUT2D eigenvalue weighted by molar-refractivity contribution is 9.10. The van der Waals surface area contributed by atoms with Crippen LogP contribution in [-0.2, 0) is 4.79 Å². The highest BCUT2D eigenvalue weighted by atomic mass is 79.9. The molecule has 1 atom stereocenters. The SMILES string of the molecule is O=C(NCC1CCC1)C(Oc1ccc(Br)cc1)c1ccccc1. The average Bonchev–Trinajstić information content (AvgIpc) is 2.53. The van der Waals surface area contributed by atoms with Crippen LogP contribution in [0.2, 0.25) is 0 Å². The van der Waals surface area contributed by atoms with Crippen molar-refractivity contribution >= 4 is 21.8 Å². The molecule has 0 spiro atoms. The van der Waals surface area contributed by atoms with E-state index >= 15 is 0 Å². The van der Waals surface area contributed by atoms with E-state index in [4.69, 9.17) is 4.74 Å². The Hall–Kier alpha value is -1.81. The molecule has 120 valence electrons. The lowest BCUT2D eigenvalue weighted by atomic mass is 9.85. The fourth-order valence-corrected chi connectivity index (χ4v) is 2.85. The topological polar surface area (TPSA) is 38.3 Å². The van der Waals surface area contributed by atoms with Gasteiger partial charge in [0.25, 0.3) is 5.91 Å². The van der Waals surface area contributed by atoms with Crippen LogP contribution in [0.3, 0.4) is 0 Å². The molecular weight excluding hydrogens is 354 g/mol. The summed E-state index contributed by atoms with van der Waals surface area (Å²) in [5, 5.41) is 3.04. The molecule has 1 fully saturated rings. The van der Waals surface area contributed by atoms with Gasteiger partial charge in [-0.05, 0) is 43.0 Å². The third-order valence-electron chi connectivity index (χ3n) is 4.20. The number of ether oxygens (including phenoxy) is 1. The summed E-state index contributed by atoms with van der Waals surface area (Å²) >= 11 is 3.41. The van der Waals surface area contributed by atoms with Gasteiger partial charge >= 0.3 is 0 Å². The van der Waals surface area contributed by atoms with Crippen molar-refractivity contribution in [1.82, 2.24) is 5.32 Å². The third kappa shape index (κ3) is 4.35. The number of hydrogen-bond donors (Lipinski definition) is 1. The van der Waals surface area contributed by atoms with Gasteiger partial charge in [0.1, 0.15) is 5.75 Å². The number of carbonyl (C=O) groups is 1. The first-order valence-electron chi connectivity index (χ1n) is 7.97. The lowest BCUT2D eigenvalue weighted by molar-refractivity contribution is -0.128. The number of nitrogens with one attached hydrogen (secondary N) is 1. The van der Waals surface area contributed by atoms with Gasteiger partial charge in [0.2, 0.25) is 6.10 Å². The van der Waals surface area contributed by atoms with Gasteiger partial charge in [-0.15, -0.1) is 0 Å². The van der Waals surface area contributed by atoms with Gasteiger partial charge in [0.05, 0.1) is 0 Å². The van der Waals surface area contributed by atoms with Crippen LogP contribution >= 0.6 is 15.9 Å². The molecule has 1 amide bonds. The Balaban J connectivity index is 1.72. The Kier molecular flexibility index (Phi) is 5.34. The van der Waals surface area contributed by atoms with E-state index in [1.807, 2.05) is 54.6 Å². The first kappa shape index (κ1) is 16.1. The van der Waals surface area contributed by atoms with Gasteiger partial charge in [-0.3, -0.25) is 4.79 Å². The maximum absolute atomic E-state index is 12.6. The zero-order valence-electron chi connectivity index (χ0n) is 12.9. The number of carbonyl (C=O) groups excluding carboxylic acids is 1. The second kappa shape index (κ2) is 7.64. The number of halogens is 1. The highest BCUT2D eigenvalue weighted by Crippen LogP contribution is 2.27. The van der Waals surface area contributed by atoms with Crippen molar-refractivity contribution in [2.45, 2.75) is 25.4 Å². The fourth-order valence-electron chi connectivity index (χ4n) is 2.58. The number of hydrogen-bond acceptors (Lipinski definition) is 2.